The van der Waals surface area contributed by atoms with Crippen molar-refractivity contribution in [2.24, 2.45) is 0 Å². The first-order valence-corrected chi connectivity index (χ1v) is 11.4. The number of hydrogen-bond donors (Lipinski definition) is 2. The molecule has 1 unspecified atom stereocenters. The van der Waals surface area contributed by atoms with Crippen molar-refractivity contribution in [2.45, 2.75) is 17.4 Å². The van der Waals surface area contributed by atoms with Crippen molar-refractivity contribution in [3.63, 3.8) is 0 Å². The molecule has 0 fully saturated rings. The zero-order valence-electron chi connectivity index (χ0n) is 15.1. The second-order valence-corrected chi connectivity index (χ2v) is 8.36. The third kappa shape index (κ3) is 7.87. The fourth-order valence-electron chi connectivity index (χ4n) is 2.33. The molecular weight excluding hydrogens is 400 g/mol. The molecule has 1 atom stereocenters. The van der Waals surface area contributed by atoms with Gasteiger partial charge < -0.3 is 10.6 Å². The highest BCUT2D eigenvalue weighted by molar-refractivity contribution is 7.99. The lowest BCUT2D eigenvalue weighted by Crippen LogP contribution is -2.47. The molecule has 0 saturated heterocycles. The first kappa shape index (κ1) is 21.7. The number of amides is 2. The van der Waals surface area contributed by atoms with Gasteiger partial charge in [-0.05, 0) is 54.8 Å². The van der Waals surface area contributed by atoms with Gasteiger partial charge in [0.25, 0.3) is 5.91 Å². The molecule has 7 heteroatoms. The Morgan fingerprint density at radius 1 is 1.04 bits per heavy atom. The highest BCUT2D eigenvalue weighted by Crippen LogP contribution is 2.19. The van der Waals surface area contributed by atoms with E-state index < -0.39 is 6.04 Å². The molecule has 27 heavy (non-hydrogen) atoms. The molecule has 2 aromatic carbocycles. The third-order valence-corrected chi connectivity index (χ3v) is 5.66. The molecule has 144 valence electrons. The molecule has 0 heterocycles. The number of thioether (sulfide) groups is 2. The number of halogens is 1. The van der Waals surface area contributed by atoms with Crippen LogP contribution in [0.1, 0.15) is 16.8 Å². The standard InChI is InChI=1S/C20H23ClN2O2S2/c1-26-13-11-18(23-19(24)15-5-3-2-4-6-15)20(25)22-12-14-27-17-9-7-16(21)8-10-17/h2-10,18H,11-14H2,1H3,(H,22,25)(H,23,24). The van der Waals surface area contributed by atoms with Crippen molar-refractivity contribution >= 4 is 46.9 Å². The molecule has 0 aliphatic heterocycles. The van der Waals surface area contributed by atoms with Crippen molar-refractivity contribution in [3.05, 3.63) is 65.2 Å². The van der Waals surface area contributed by atoms with Gasteiger partial charge in [-0.25, -0.2) is 0 Å². The van der Waals surface area contributed by atoms with Gasteiger partial charge in [0.05, 0.1) is 0 Å². The van der Waals surface area contributed by atoms with Crippen LogP contribution in [-0.4, -0.2) is 42.2 Å². The van der Waals surface area contributed by atoms with E-state index in [-0.39, 0.29) is 11.8 Å². The first-order valence-electron chi connectivity index (χ1n) is 8.61. The Morgan fingerprint density at radius 3 is 2.41 bits per heavy atom. The monoisotopic (exact) mass is 422 g/mol. The Labute approximate surface area is 173 Å². The van der Waals surface area contributed by atoms with Gasteiger partial charge >= 0.3 is 0 Å². The third-order valence-electron chi connectivity index (χ3n) is 3.75. The van der Waals surface area contributed by atoms with Gasteiger partial charge in [-0.1, -0.05) is 29.8 Å². The van der Waals surface area contributed by atoms with Gasteiger partial charge in [-0.2, -0.15) is 11.8 Å². The van der Waals surface area contributed by atoms with Crippen LogP contribution >= 0.6 is 35.1 Å². The molecular formula is C20H23ClN2O2S2. The van der Waals surface area contributed by atoms with Crippen LogP contribution in [0.5, 0.6) is 0 Å². The summed E-state index contributed by atoms with van der Waals surface area (Å²) in [4.78, 5) is 26.0. The summed E-state index contributed by atoms with van der Waals surface area (Å²) in [5.41, 5.74) is 0.553. The highest BCUT2D eigenvalue weighted by atomic mass is 35.5. The number of carbonyl (C=O) groups excluding carboxylic acids is 2. The number of hydrogen-bond acceptors (Lipinski definition) is 4. The number of nitrogens with one attached hydrogen (secondary N) is 2. The number of benzene rings is 2. The maximum absolute atomic E-state index is 12.5. The smallest absolute Gasteiger partial charge is 0.251 e. The quantitative estimate of drug-likeness (QED) is 0.447. The molecule has 0 aliphatic rings. The second-order valence-electron chi connectivity index (χ2n) is 5.77. The van der Waals surface area contributed by atoms with Crippen molar-refractivity contribution in [1.82, 2.24) is 10.6 Å². The van der Waals surface area contributed by atoms with Crippen LogP contribution in [0, 0.1) is 0 Å². The molecule has 0 spiro atoms. The topological polar surface area (TPSA) is 58.2 Å². The van der Waals surface area contributed by atoms with Gasteiger partial charge in [0, 0.05) is 27.8 Å². The van der Waals surface area contributed by atoms with E-state index >= 15 is 0 Å². The number of rotatable bonds is 10. The van der Waals surface area contributed by atoms with E-state index in [0.29, 0.717) is 23.6 Å². The zero-order chi connectivity index (χ0) is 19.5. The Morgan fingerprint density at radius 2 is 1.74 bits per heavy atom. The van der Waals surface area contributed by atoms with E-state index in [9.17, 15) is 9.59 Å². The van der Waals surface area contributed by atoms with E-state index in [2.05, 4.69) is 10.6 Å². The molecule has 0 radical (unpaired) electrons. The fourth-order valence-corrected chi connectivity index (χ4v) is 3.70. The summed E-state index contributed by atoms with van der Waals surface area (Å²) < 4.78 is 0. The normalized spacial score (nSPS) is 11.6. The Kier molecular flexibility index (Phi) is 9.59. The molecule has 0 aliphatic carbocycles. The summed E-state index contributed by atoms with van der Waals surface area (Å²) in [6, 6.07) is 16.0. The van der Waals surface area contributed by atoms with E-state index in [1.165, 1.54) is 0 Å². The zero-order valence-corrected chi connectivity index (χ0v) is 17.5. The molecule has 0 aromatic heterocycles. The highest BCUT2D eigenvalue weighted by Gasteiger charge is 2.20. The minimum absolute atomic E-state index is 0.148. The van der Waals surface area contributed by atoms with E-state index in [1.54, 1.807) is 47.8 Å². The predicted molar refractivity (Wildman–Crippen MR) is 116 cm³/mol. The molecule has 2 aromatic rings. The average molecular weight is 423 g/mol. The second kappa shape index (κ2) is 12.0. The average Bonchev–Trinajstić information content (AvgIpc) is 2.70. The largest absolute Gasteiger partial charge is 0.353 e. The lowest BCUT2D eigenvalue weighted by molar-refractivity contribution is -0.122. The van der Waals surface area contributed by atoms with Gasteiger partial charge in [-0.3, -0.25) is 9.59 Å². The van der Waals surface area contributed by atoms with Gasteiger partial charge in [-0.15, -0.1) is 11.8 Å². The summed E-state index contributed by atoms with van der Waals surface area (Å²) in [5.74, 6) is 1.17. The van der Waals surface area contributed by atoms with Crippen molar-refractivity contribution in [1.29, 1.82) is 0 Å². The molecule has 4 nitrogen and oxygen atoms in total. The summed E-state index contributed by atoms with van der Waals surface area (Å²) in [6.07, 6.45) is 2.58. The van der Waals surface area contributed by atoms with Crippen LogP contribution in [0.3, 0.4) is 0 Å². The summed E-state index contributed by atoms with van der Waals surface area (Å²) >= 11 is 9.17. The Bertz CT molecular complexity index is 727. The molecule has 0 saturated carbocycles. The van der Waals surface area contributed by atoms with E-state index in [0.717, 1.165) is 16.4 Å². The SMILES string of the molecule is CSCCC(NC(=O)c1ccccc1)C(=O)NCCSc1ccc(Cl)cc1. The fraction of sp³-hybridized carbons (Fsp3) is 0.300. The molecule has 2 amide bonds. The summed E-state index contributed by atoms with van der Waals surface area (Å²) in [5, 5.41) is 6.47. The molecule has 0 bridgehead atoms. The van der Waals surface area contributed by atoms with Crippen molar-refractivity contribution in [2.75, 3.05) is 24.3 Å². The Balaban J connectivity index is 1.82. The van der Waals surface area contributed by atoms with E-state index in [4.69, 9.17) is 11.6 Å². The maximum atomic E-state index is 12.5. The van der Waals surface area contributed by atoms with Crippen LogP contribution in [0.2, 0.25) is 5.02 Å². The van der Waals surface area contributed by atoms with Gasteiger partial charge in [0.15, 0.2) is 0 Å². The van der Waals surface area contributed by atoms with Crippen molar-refractivity contribution < 1.29 is 9.59 Å². The molecule has 2 N–H and O–H groups in total. The van der Waals surface area contributed by atoms with E-state index in [1.807, 2.05) is 36.6 Å². The lowest BCUT2D eigenvalue weighted by Gasteiger charge is -2.18. The predicted octanol–water partition coefficient (Wildman–Crippen LogP) is 4.10. The maximum Gasteiger partial charge on any atom is 0.251 e. The minimum atomic E-state index is -0.536. The van der Waals surface area contributed by atoms with Crippen LogP contribution in [-0.2, 0) is 4.79 Å². The van der Waals surface area contributed by atoms with Crippen LogP contribution < -0.4 is 10.6 Å². The van der Waals surface area contributed by atoms with Gasteiger partial charge in [0.1, 0.15) is 6.04 Å². The van der Waals surface area contributed by atoms with Crippen LogP contribution in [0.25, 0.3) is 0 Å². The lowest BCUT2D eigenvalue weighted by atomic mass is 10.1. The van der Waals surface area contributed by atoms with Gasteiger partial charge in [0.2, 0.25) is 5.91 Å². The summed E-state index contributed by atoms with van der Waals surface area (Å²) in [7, 11) is 0. The minimum Gasteiger partial charge on any atom is -0.353 e. The summed E-state index contributed by atoms with van der Waals surface area (Å²) in [6.45, 7) is 0.531. The van der Waals surface area contributed by atoms with Crippen molar-refractivity contribution in [3.8, 4) is 0 Å². The van der Waals surface area contributed by atoms with Crippen LogP contribution in [0.15, 0.2) is 59.5 Å². The number of carbonyl (C=O) groups is 2. The first-order chi connectivity index (χ1) is 13.1. The van der Waals surface area contributed by atoms with Crippen LogP contribution in [0.4, 0.5) is 0 Å². The molecule has 2 rings (SSSR count). The Hall–Kier alpha value is -1.63.